The van der Waals surface area contributed by atoms with Gasteiger partial charge in [-0.3, -0.25) is 19.3 Å². The summed E-state index contributed by atoms with van der Waals surface area (Å²) in [5.74, 6) is -0.261. The maximum Gasteiger partial charge on any atom is 0.242 e. The fourth-order valence-electron chi connectivity index (χ4n) is 6.36. The molecule has 0 aromatic rings. The molecule has 3 N–H and O–H groups in total. The quantitative estimate of drug-likeness (QED) is 0.0529. The molecule has 302 valence electrons. The van der Waals surface area contributed by atoms with Crippen molar-refractivity contribution in [2.45, 2.75) is 163 Å². The Morgan fingerprint density at radius 2 is 1.00 bits per heavy atom. The highest BCUT2D eigenvalue weighted by atomic mass is 16.3. The summed E-state index contributed by atoms with van der Waals surface area (Å²) in [7, 11) is 1.50. The van der Waals surface area contributed by atoms with Gasteiger partial charge in [0, 0.05) is 26.2 Å². The Hall–Kier alpha value is -2.04. The molecule has 0 rings (SSSR count). The predicted octanol–water partition coefficient (Wildman–Crippen LogP) is 7.06. The van der Waals surface area contributed by atoms with Crippen LogP contribution in [0.3, 0.4) is 0 Å². The highest BCUT2D eigenvalue weighted by Gasteiger charge is 2.27. The predicted molar refractivity (Wildman–Crippen MR) is 214 cm³/mol. The van der Waals surface area contributed by atoms with Gasteiger partial charge in [0.05, 0.1) is 32.8 Å². The topological polar surface area (TPSA) is 127 Å². The van der Waals surface area contributed by atoms with Crippen molar-refractivity contribution in [3.63, 3.8) is 0 Å². The summed E-state index contributed by atoms with van der Waals surface area (Å²) < 4.78 is 0. The van der Waals surface area contributed by atoms with Crippen molar-refractivity contribution in [3.8, 4) is 0 Å². The number of carbonyl (C=O) groups is 4. The van der Waals surface area contributed by atoms with E-state index in [0.29, 0.717) is 32.7 Å². The third-order valence-corrected chi connectivity index (χ3v) is 9.81. The van der Waals surface area contributed by atoms with Crippen molar-refractivity contribution in [1.82, 2.24) is 19.6 Å². The van der Waals surface area contributed by atoms with Crippen LogP contribution in [-0.4, -0.2) is 121 Å². The lowest BCUT2D eigenvalue weighted by molar-refractivity contribution is -0.145. The SMILES string of the molecule is CCCCCCCCCCN(CC=O)C(=O)CN(CC(CC)CCCC)C(=O)CN(CCCCCCCCCC)C(=O)CN(CC)CCO.CN. The standard InChI is InChI=1S/C40H78N4O5.CH5N/c1-6-11-14-16-18-20-22-24-27-42(30-32-46)39(48)36-44(33-37(9-4)26-13-8-3)40(49)35-43(38(47)34-41(10-5)29-31-45)28-25-23-21-19-17-15-12-7-2;1-2/h32,37,45H,6-31,33-36H2,1-5H3;2H2,1H3. The van der Waals surface area contributed by atoms with Crippen molar-refractivity contribution >= 4 is 24.0 Å². The van der Waals surface area contributed by atoms with Crippen LogP contribution in [0.25, 0.3) is 0 Å². The zero-order chi connectivity index (χ0) is 38.5. The fourth-order valence-corrected chi connectivity index (χ4v) is 6.36. The van der Waals surface area contributed by atoms with Crippen LogP contribution in [0.5, 0.6) is 0 Å². The lowest BCUT2D eigenvalue weighted by Crippen LogP contribution is -2.50. The summed E-state index contributed by atoms with van der Waals surface area (Å²) >= 11 is 0. The van der Waals surface area contributed by atoms with E-state index >= 15 is 0 Å². The van der Waals surface area contributed by atoms with Crippen LogP contribution in [0.1, 0.15) is 163 Å². The lowest BCUT2D eigenvalue weighted by atomic mass is 9.98. The normalized spacial score (nSPS) is 11.5. The molecule has 0 spiro atoms. The Labute approximate surface area is 314 Å². The molecule has 0 bridgehead atoms. The molecule has 3 amide bonds. The average molecular weight is 726 g/mol. The van der Waals surface area contributed by atoms with E-state index in [1.807, 2.05) is 11.8 Å². The Bertz CT molecular complexity index is 830. The number of rotatable bonds is 35. The van der Waals surface area contributed by atoms with Crippen molar-refractivity contribution < 1.29 is 24.3 Å². The summed E-state index contributed by atoms with van der Waals surface area (Å²) in [6.07, 6.45) is 23.2. The molecule has 0 saturated carbocycles. The van der Waals surface area contributed by atoms with E-state index < -0.39 is 0 Å². The Morgan fingerprint density at radius 1 is 0.569 bits per heavy atom. The highest BCUT2D eigenvalue weighted by molar-refractivity contribution is 5.89. The Balaban J connectivity index is 0. The molecule has 0 aliphatic carbocycles. The first-order chi connectivity index (χ1) is 24.8. The van der Waals surface area contributed by atoms with Crippen LogP contribution in [0.2, 0.25) is 0 Å². The van der Waals surface area contributed by atoms with Crippen molar-refractivity contribution in [2.24, 2.45) is 11.7 Å². The van der Waals surface area contributed by atoms with Gasteiger partial charge in [0.25, 0.3) is 0 Å². The second kappa shape index (κ2) is 37.7. The molecule has 1 unspecified atom stereocenters. The summed E-state index contributed by atoms with van der Waals surface area (Å²) in [6.45, 7) is 13.2. The molecular weight excluding hydrogens is 642 g/mol. The van der Waals surface area contributed by atoms with Crippen LogP contribution >= 0.6 is 0 Å². The number of nitrogens with two attached hydrogens (primary N) is 1. The summed E-state index contributed by atoms with van der Waals surface area (Å²) in [6, 6.07) is 0. The van der Waals surface area contributed by atoms with E-state index in [2.05, 4.69) is 33.4 Å². The van der Waals surface area contributed by atoms with Gasteiger partial charge < -0.3 is 30.3 Å². The lowest BCUT2D eigenvalue weighted by Gasteiger charge is -2.32. The maximum atomic E-state index is 14.1. The third-order valence-electron chi connectivity index (χ3n) is 9.81. The molecule has 0 aromatic carbocycles. The number of aldehydes is 1. The van der Waals surface area contributed by atoms with Gasteiger partial charge in [-0.05, 0) is 38.8 Å². The van der Waals surface area contributed by atoms with E-state index in [1.165, 1.54) is 71.3 Å². The Morgan fingerprint density at radius 3 is 1.45 bits per heavy atom. The van der Waals surface area contributed by atoms with E-state index in [1.54, 1.807) is 14.7 Å². The number of nitrogens with zero attached hydrogens (tertiary/aromatic N) is 4. The second-order valence-corrected chi connectivity index (χ2v) is 14.1. The molecule has 0 aliphatic heterocycles. The molecule has 0 aromatic heterocycles. The number of unbranched alkanes of at least 4 members (excludes halogenated alkanes) is 15. The van der Waals surface area contributed by atoms with Crippen LogP contribution in [0, 0.1) is 5.92 Å². The molecule has 10 heteroatoms. The highest BCUT2D eigenvalue weighted by Crippen LogP contribution is 2.16. The van der Waals surface area contributed by atoms with Gasteiger partial charge in [0.2, 0.25) is 17.7 Å². The average Bonchev–Trinajstić information content (AvgIpc) is 3.14. The van der Waals surface area contributed by atoms with E-state index in [-0.39, 0.29) is 56.4 Å². The van der Waals surface area contributed by atoms with Gasteiger partial charge in [-0.25, -0.2) is 0 Å². The van der Waals surface area contributed by atoms with Gasteiger partial charge in [-0.15, -0.1) is 0 Å². The first-order valence-electron chi connectivity index (χ1n) is 21.0. The summed E-state index contributed by atoms with van der Waals surface area (Å²) in [4.78, 5) is 59.7. The zero-order valence-electron chi connectivity index (χ0n) is 34.3. The number of carbonyl (C=O) groups excluding carboxylic acids is 4. The largest absolute Gasteiger partial charge is 0.395 e. The Kier molecular flexibility index (Phi) is 37.8. The van der Waals surface area contributed by atoms with Gasteiger partial charge in [0.1, 0.15) is 6.29 Å². The smallest absolute Gasteiger partial charge is 0.242 e. The molecular formula is C41H83N5O5. The molecule has 0 radical (unpaired) electrons. The van der Waals surface area contributed by atoms with Crippen LogP contribution in [0.4, 0.5) is 0 Å². The minimum Gasteiger partial charge on any atom is -0.395 e. The second-order valence-electron chi connectivity index (χ2n) is 14.1. The molecule has 0 saturated heterocycles. The summed E-state index contributed by atoms with van der Waals surface area (Å²) in [5, 5.41) is 9.49. The van der Waals surface area contributed by atoms with Gasteiger partial charge in [0.15, 0.2) is 0 Å². The maximum absolute atomic E-state index is 14.1. The van der Waals surface area contributed by atoms with E-state index in [9.17, 15) is 24.3 Å². The van der Waals surface area contributed by atoms with Crippen LogP contribution < -0.4 is 5.73 Å². The molecule has 0 aliphatic rings. The first kappa shape index (κ1) is 51.1. The summed E-state index contributed by atoms with van der Waals surface area (Å²) in [5.41, 5.74) is 4.50. The number of likely N-dealkylation sites (N-methyl/N-ethyl adjacent to an activating group) is 1. The van der Waals surface area contributed by atoms with Crippen LogP contribution in [-0.2, 0) is 19.2 Å². The molecule has 0 heterocycles. The molecule has 10 nitrogen and oxygen atoms in total. The number of aliphatic hydroxyl groups excluding tert-OH is 1. The van der Waals surface area contributed by atoms with E-state index in [0.717, 1.165) is 70.5 Å². The first-order valence-corrected chi connectivity index (χ1v) is 21.0. The molecule has 51 heavy (non-hydrogen) atoms. The van der Waals surface area contributed by atoms with Gasteiger partial charge in [-0.1, -0.05) is 144 Å². The molecule has 0 fully saturated rings. The number of hydrogen-bond acceptors (Lipinski definition) is 7. The van der Waals surface area contributed by atoms with Crippen molar-refractivity contribution in [2.75, 3.05) is 72.6 Å². The van der Waals surface area contributed by atoms with Crippen LogP contribution in [0.15, 0.2) is 0 Å². The minimum absolute atomic E-state index is 0.0274. The van der Waals surface area contributed by atoms with E-state index in [4.69, 9.17) is 0 Å². The zero-order valence-corrected chi connectivity index (χ0v) is 34.3. The number of aliphatic hydroxyl groups is 1. The van der Waals surface area contributed by atoms with Crippen molar-refractivity contribution in [3.05, 3.63) is 0 Å². The minimum atomic E-state index is -0.209. The van der Waals surface area contributed by atoms with Crippen molar-refractivity contribution in [1.29, 1.82) is 0 Å². The van der Waals surface area contributed by atoms with Gasteiger partial charge >= 0.3 is 0 Å². The number of amides is 3. The monoisotopic (exact) mass is 726 g/mol. The third kappa shape index (κ3) is 28.2. The number of hydrogen-bond donors (Lipinski definition) is 2. The fraction of sp³-hybridized carbons (Fsp3) is 0.902. The molecule has 1 atom stereocenters. The van der Waals surface area contributed by atoms with Gasteiger partial charge in [-0.2, -0.15) is 0 Å².